The highest BCUT2D eigenvalue weighted by molar-refractivity contribution is 5.40. The molecule has 0 saturated carbocycles. The summed E-state index contributed by atoms with van der Waals surface area (Å²) < 4.78 is 13.4. The molecule has 0 aromatic rings. The Morgan fingerprint density at radius 2 is 2.24 bits per heavy atom. The summed E-state index contributed by atoms with van der Waals surface area (Å²) in [5.74, 6) is -0.0916. The van der Waals surface area contributed by atoms with E-state index < -0.39 is 0 Å². The van der Waals surface area contributed by atoms with Gasteiger partial charge in [0.05, 0.1) is 5.57 Å². The van der Waals surface area contributed by atoms with Crippen molar-refractivity contribution in [3.8, 4) is 6.07 Å². The monoisotopic (exact) mass is 235 g/mol. The quantitative estimate of drug-likeness (QED) is 0.807. The van der Waals surface area contributed by atoms with Gasteiger partial charge in [0.25, 0.3) is 0 Å². The van der Waals surface area contributed by atoms with E-state index in [4.69, 9.17) is 5.26 Å². The van der Waals surface area contributed by atoms with Crippen LogP contribution in [0.2, 0.25) is 0 Å². The molecule has 3 nitrogen and oxygen atoms in total. The molecule has 0 amide bonds. The molecular formula is C13H18FN3. The number of hydrogen-bond acceptors (Lipinski definition) is 3. The summed E-state index contributed by atoms with van der Waals surface area (Å²) in [5, 5.41) is 12.0. The highest BCUT2D eigenvalue weighted by atomic mass is 19.1. The standard InChI is InChI=1S/C13H18FN3/c14-13-9-11(1-2-12(13)10-15)3-6-17-7-4-16-5-8-17/h2,9,11,16H,1,3-8H2. The average molecular weight is 235 g/mol. The highest BCUT2D eigenvalue weighted by Crippen LogP contribution is 2.25. The largest absolute Gasteiger partial charge is 0.314 e. The van der Waals surface area contributed by atoms with Gasteiger partial charge in [0.2, 0.25) is 0 Å². The fraction of sp³-hybridized carbons (Fsp3) is 0.615. The first-order valence-corrected chi connectivity index (χ1v) is 6.20. The van der Waals surface area contributed by atoms with Crippen molar-refractivity contribution in [1.82, 2.24) is 10.2 Å². The van der Waals surface area contributed by atoms with Gasteiger partial charge >= 0.3 is 0 Å². The number of nitrogens with zero attached hydrogens (tertiary/aromatic N) is 2. The SMILES string of the molecule is N#CC1=CCC(CCN2CCNCC2)C=C1F. The normalized spacial score (nSPS) is 26.0. The van der Waals surface area contributed by atoms with Crippen molar-refractivity contribution < 1.29 is 4.39 Å². The van der Waals surface area contributed by atoms with Crippen molar-refractivity contribution in [2.24, 2.45) is 5.92 Å². The Balaban J connectivity index is 1.78. The molecule has 1 N–H and O–H groups in total. The van der Waals surface area contributed by atoms with E-state index in [1.54, 1.807) is 12.2 Å². The number of piperazine rings is 1. The summed E-state index contributed by atoms with van der Waals surface area (Å²) in [6, 6.07) is 1.88. The van der Waals surface area contributed by atoms with Gasteiger partial charge in [0, 0.05) is 26.2 Å². The van der Waals surface area contributed by atoms with E-state index in [2.05, 4.69) is 10.2 Å². The number of halogens is 1. The van der Waals surface area contributed by atoms with Crippen LogP contribution < -0.4 is 5.32 Å². The molecule has 0 spiro atoms. The van der Waals surface area contributed by atoms with Crippen molar-refractivity contribution >= 4 is 0 Å². The third-order valence-electron chi connectivity index (χ3n) is 3.41. The first-order valence-electron chi connectivity index (χ1n) is 6.20. The highest BCUT2D eigenvalue weighted by Gasteiger charge is 2.17. The summed E-state index contributed by atoms with van der Waals surface area (Å²) in [6.45, 7) is 5.28. The molecule has 0 radical (unpaired) electrons. The summed E-state index contributed by atoms with van der Waals surface area (Å²) in [4.78, 5) is 2.41. The Kier molecular flexibility index (Phi) is 4.29. The summed E-state index contributed by atoms with van der Waals surface area (Å²) >= 11 is 0. The van der Waals surface area contributed by atoms with Crippen molar-refractivity contribution in [3.05, 3.63) is 23.6 Å². The molecular weight excluding hydrogens is 217 g/mol. The van der Waals surface area contributed by atoms with Crippen molar-refractivity contribution in [1.29, 1.82) is 5.26 Å². The van der Waals surface area contributed by atoms with Crippen LogP contribution in [0.1, 0.15) is 12.8 Å². The number of rotatable bonds is 3. The van der Waals surface area contributed by atoms with Crippen LogP contribution in [-0.2, 0) is 0 Å². The van der Waals surface area contributed by atoms with Gasteiger partial charge < -0.3 is 10.2 Å². The van der Waals surface area contributed by atoms with E-state index in [9.17, 15) is 4.39 Å². The molecule has 1 aliphatic heterocycles. The molecule has 1 aliphatic carbocycles. The minimum atomic E-state index is -0.343. The second kappa shape index (κ2) is 5.95. The molecule has 0 bridgehead atoms. The Morgan fingerprint density at radius 1 is 1.47 bits per heavy atom. The van der Waals surface area contributed by atoms with Crippen LogP contribution in [0.5, 0.6) is 0 Å². The van der Waals surface area contributed by atoms with E-state index in [0.29, 0.717) is 0 Å². The maximum atomic E-state index is 13.4. The Hall–Kier alpha value is -1.18. The molecule has 17 heavy (non-hydrogen) atoms. The molecule has 1 saturated heterocycles. The summed E-state index contributed by atoms with van der Waals surface area (Å²) in [7, 11) is 0. The van der Waals surface area contributed by atoms with Gasteiger partial charge in [0.1, 0.15) is 11.9 Å². The molecule has 0 aromatic carbocycles. The fourth-order valence-corrected chi connectivity index (χ4v) is 2.31. The predicted molar refractivity (Wildman–Crippen MR) is 64.9 cm³/mol. The Labute approximate surface area is 102 Å². The van der Waals surface area contributed by atoms with Gasteiger partial charge in [-0.1, -0.05) is 6.08 Å². The zero-order valence-electron chi connectivity index (χ0n) is 9.95. The van der Waals surface area contributed by atoms with Crippen LogP contribution in [0.4, 0.5) is 4.39 Å². The van der Waals surface area contributed by atoms with Crippen molar-refractivity contribution in [3.63, 3.8) is 0 Å². The zero-order valence-corrected chi connectivity index (χ0v) is 9.95. The van der Waals surface area contributed by atoms with Gasteiger partial charge in [-0.25, -0.2) is 4.39 Å². The number of nitriles is 1. The van der Waals surface area contributed by atoms with Crippen LogP contribution in [0.15, 0.2) is 23.6 Å². The van der Waals surface area contributed by atoms with Crippen LogP contribution in [0.25, 0.3) is 0 Å². The summed E-state index contributed by atoms with van der Waals surface area (Å²) in [5.41, 5.74) is 0.198. The van der Waals surface area contributed by atoms with Gasteiger partial charge in [-0.15, -0.1) is 0 Å². The van der Waals surface area contributed by atoms with Crippen LogP contribution in [-0.4, -0.2) is 37.6 Å². The van der Waals surface area contributed by atoms with E-state index in [1.807, 2.05) is 6.07 Å². The Bertz CT molecular complexity index is 361. The molecule has 4 heteroatoms. The van der Waals surface area contributed by atoms with Crippen LogP contribution in [0, 0.1) is 17.2 Å². The van der Waals surface area contributed by atoms with E-state index in [0.717, 1.165) is 45.6 Å². The number of allylic oxidation sites excluding steroid dienone is 4. The lowest BCUT2D eigenvalue weighted by molar-refractivity contribution is 0.229. The predicted octanol–water partition coefficient (Wildman–Crippen LogP) is 1.60. The van der Waals surface area contributed by atoms with Gasteiger partial charge in [-0.05, 0) is 31.4 Å². The second-order valence-corrected chi connectivity index (χ2v) is 4.62. The molecule has 1 heterocycles. The van der Waals surface area contributed by atoms with Gasteiger partial charge in [0.15, 0.2) is 0 Å². The lowest BCUT2D eigenvalue weighted by Gasteiger charge is -2.28. The Morgan fingerprint density at radius 3 is 2.88 bits per heavy atom. The smallest absolute Gasteiger partial charge is 0.136 e. The average Bonchev–Trinajstić information content (AvgIpc) is 2.38. The number of hydrogen-bond donors (Lipinski definition) is 1. The lowest BCUT2D eigenvalue weighted by Crippen LogP contribution is -2.44. The minimum absolute atomic E-state index is 0.198. The molecule has 1 unspecified atom stereocenters. The molecule has 1 atom stereocenters. The second-order valence-electron chi connectivity index (χ2n) is 4.62. The molecule has 92 valence electrons. The summed E-state index contributed by atoms with van der Waals surface area (Å²) in [6.07, 6.45) is 5.10. The van der Waals surface area contributed by atoms with E-state index >= 15 is 0 Å². The molecule has 1 fully saturated rings. The first kappa shape index (κ1) is 12.3. The minimum Gasteiger partial charge on any atom is -0.314 e. The topological polar surface area (TPSA) is 39.1 Å². The maximum absolute atomic E-state index is 13.4. The first-order chi connectivity index (χ1) is 8.29. The van der Waals surface area contributed by atoms with E-state index in [-0.39, 0.29) is 17.3 Å². The van der Waals surface area contributed by atoms with Crippen LogP contribution >= 0.6 is 0 Å². The van der Waals surface area contributed by atoms with Gasteiger partial charge in [-0.2, -0.15) is 5.26 Å². The van der Waals surface area contributed by atoms with Crippen LogP contribution in [0.3, 0.4) is 0 Å². The third kappa shape index (κ3) is 3.39. The van der Waals surface area contributed by atoms with Crippen molar-refractivity contribution in [2.45, 2.75) is 12.8 Å². The van der Waals surface area contributed by atoms with Gasteiger partial charge in [-0.3, -0.25) is 0 Å². The lowest BCUT2D eigenvalue weighted by atomic mass is 9.93. The number of nitrogens with one attached hydrogen (secondary N) is 1. The fourth-order valence-electron chi connectivity index (χ4n) is 2.31. The molecule has 2 aliphatic rings. The van der Waals surface area contributed by atoms with E-state index in [1.165, 1.54) is 0 Å². The van der Waals surface area contributed by atoms with Crippen molar-refractivity contribution in [2.75, 3.05) is 32.7 Å². The maximum Gasteiger partial charge on any atom is 0.136 e. The molecule has 2 rings (SSSR count). The third-order valence-corrected chi connectivity index (χ3v) is 3.41. The molecule has 0 aromatic heterocycles. The zero-order chi connectivity index (χ0) is 12.1.